The number of aromatic amines is 1. The Morgan fingerprint density at radius 2 is 1.97 bits per heavy atom. The van der Waals surface area contributed by atoms with Crippen molar-refractivity contribution in [3.05, 3.63) is 46.6 Å². The number of aliphatic imine (C=N–C) groups is 1. The van der Waals surface area contributed by atoms with Gasteiger partial charge in [0.1, 0.15) is 0 Å². The molecular formula is C22H31IN6S. The number of thiazole rings is 1. The van der Waals surface area contributed by atoms with Crippen LogP contribution in [0.1, 0.15) is 29.7 Å². The summed E-state index contributed by atoms with van der Waals surface area (Å²) in [5.74, 6) is 0.844. The number of rotatable bonds is 7. The maximum atomic E-state index is 4.79. The van der Waals surface area contributed by atoms with E-state index in [4.69, 9.17) is 4.98 Å². The van der Waals surface area contributed by atoms with Crippen molar-refractivity contribution in [1.82, 2.24) is 20.6 Å². The van der Waals surface area contributed by atoms with Gasteiger partial charge in [-0.3, -0.25) is 4.99 Å². The van der Waals surface area contributed by atoms with Crippen molar-refractivity contribution in [3.63, 3.8) is 0 Å². The lowest BCUT2D eigenvalue weighted by Gasteiger charge is -2.12. The van der Waals surface area contributed by atoms with Crippen LogP contribution in [0.5, 0.6) is 0 Å². The number of halogens is 1. The number of H-pyrrole nitrogens is 1. The van der Waals surface area contributed by atoms with Crippen LogP contribution in [0.3, 0.4) is 0 Å². The molecule has 0 unspecified atom stereocenters. The lowest BCUT2D eigenvalue weighted by Crippen LogP contribution is -2.39. The van der Waals surface area contributed by atoms with Crippen molar-refractivity contribution < 1.29 is 0 Å². The van der Waals surface area contributed by atoms with Gasteiger partial charge in [-0.1, -0.05) is 18.2 Å². The van der Waals surface area contributed by atoms with E-state index in [9.17, 15) is 0 Å². The van der Waals surface area contributed by atoms with E-state index in [2.05, 4.69) is 62.2 Å². The largest absolute Gasteiger partial charge is 0.361 e. The summed E-state index contributed by atoms with van der Waals surface area (Å²) in [5.41, 5.74) is 5.02. The number of anilines is 1. The molecule has 162 valence electrons. The van der Waals surface area contributed by atoms with Crippen LogP contribution in [-0.2, 0) is 12.8 Å². The summed E-state index contributed by atoms with van der Waals surface area (Å²) >= 11 is 1.76. The van der Waals surface area contributed by atoms with Crippen LogP contribution in [0.15, 0.2) is 34.8 Å². The summed E-state index contributed by atoms with van der Waals surface area (Å²) < 4.78 is 0. The van der Waals surface area contributed by atoms with Gasteiger partial charge in [0, 0.05) is 62.1 Å². The standard InChI is InChI=1S/C22H30N6S.HI/c1-16-6-5-7-19-17(14-26-20(16)19)8-10-24-21(23-2)25-11-9-18-15-29-22(27-18)28-12-3-4-13-28;/h5-7,14-15,26H,3-4,8-13H2,1-2H3,(H2,23,24,25);1H. The van der Waals surface area contributed by atoms with Crippen molar-refractivity contribution in [2.45, 2.75) is 32.6 Å². The molecule has 1 fully saturated rings. The molecule has 0 radical (unpaired) electrons. The number of aryl methyl sites for hydroxylation is 1. The van der Waals surface area contributed by atoms with Crippen molar-refractivity contribution in [2.24, 2.45) is 4.99 Å². The molecule has 0 atom stereocenters. The number of aromatic nitrogens is 2. The van der Waals surface area contributed by atoms with E-state index < -0.39 is 0 Å². The number of hydrogen-bond donors (Lipinski definition) is 3. The van der Waals surface area contributed by atoms with Crippen LogP contribution in [0, 0.1) is 6.92 Å². The van der Waals surface area contributed by atoms with Gasteiger partial charge in [-0.05, 0) is 37.3 Å². The van der Waals surface area contributed by atoms with Crippen LogP contribution in [0.2, 0.25) is 0 Å². The first kappa shape index (κ1) is 22.9. The van der Waals surface area contributed by atoms with Gasteiger partial charge in [-0.25, -0.2) is 4.98 Å². The molecule has 0 saturated carbocycles. The van der Waals surface area contributed by atoms with Crippen molar-refractivity contribution in [1.29, 1.82) is 0 Å². The third-order valence-corrected chi connectivity index (χ3v) is 6.46. The normalized spacial score (nSPS) is 14.2. The van der Waals surface area contributed by atoms with E-state index in [1.54, 1.807) is 11.3 Å². The first-order valence-electron chi connectivity index (χ1n) is 10.4. The molecule has 3 aromatic rings. The maximum absolute atomic E-state index is 4.79. The van der Waals surface area contributed by atoms with Gasteiger partial charge in [-0.15, -0.1) is 35.3 Å². The van der Waals surface area contributed by atoms with Gasteiger partial charge in [0.15, 0.2) is 11.1 Å². The first-order chi connectivity index (χ1) is 14.2. The highest BCUT2D eigenvalue weighted by Crippen LogP contribution is 2.24. The fourth-order valence-corrected chi connectivity index (χ4v) is 4.79. The fraction of sp³-hybridized carbons (Fsp3) is 0.455. The highest BCUT2D eigenvalue weighted by atomic mass is 127. The minimum atomic E-state index is 0. The molecule has 0 aliphatic carbocycles. The average molecular weight is 539 g/mol. The van der Waals surface area contributed by atoms with E-state index in [1.807, 2.05) is 7.05 Å². The smallest absolute Gasteiger partial charge is 0.190 e. The van der Waals surface area contributed by atoms with Crippen LogP contribution < -0.4 is 15.5 Å². The van der Waals surface area contributed by atoms with Gasteiger partial charge >= 0.3 is 0 Å². The van der Waals surface area contributed by atoms with Gasteiger partial charge in [0.2, 0.25) is 0 Å². The second kappa shape index (κ2) is 11.0. The van der Waals surface area contributed by atoms with Gasteiger partial charge in [-0.2, -0.15) is 0 Å². The van der Waals surface area contributed by atoms with E-state index >= 15 is 0 Å². The minimum absolute atomic E-state index is 0. The third-order valence-electron chi connectivity index (χ3n) is 5.51. The Balaban J connectivity index is 0.00000256. The second-order valence-corrected chi connectivity index (χ2v) is 8.39. The topological polar surface area (TPSA) is 68.3 Å². The van der Waals surface area contributed by atoms with Crippen molar-refractivity contribution in [3.8, 4) is 0 Å². The number of hydrogen-bond acceptors (Lipinski definition) is 4. The molecule has 0 amide bonds. The Bertz CT molecular complexity index is 973. The maximum Gasteiger partial charge on any atom is 0.190 e. The highest BCUT2D eigenvalue weighted by Gasteiger charge is 2.15. The molecule has 3 heterocycles. The van der Waals surface area contributed by atoms with Crippen molar-refractivity contribution in [2.75, 3.05) is 38.1 Å². The van der Waals surface area contributed by atoms with Gasteiger partial charge in [0.05, 0.1) is 5.69 Å². The number of guanidine groups is 1. The first-order valence-corrected chi connectivity index (χ1v) is 11.3. The van der Waals surface area contributed by atoms with E-state index in [1.165, 1.54) is 40.0 Å². The Morgan fingerprint density at radius 1 is 1.20 bits per heavy atom. The van der Waals surface area contributed by atoms with Crippen molar-refractivity contribution >= 4 is 57.3 Å². The molecule has 0 bridgehead atoms. The molecule has 30 heavy (non-hydrogen) atoms. The molecule has 1 aliphatic rings. The zero-order valence-electron chi connectivity index (χ0n) is 17.7. The number of fused-ring (bicyclic) bond motifs is 1. The summed E-state index contributed by atoms with van der Waals surface area (Å²) in [7, 11) is 1.82. The third kappa shape index (κ3) is 5.46. The fourth-order valence-electron chi connectivity index (χ4n) is 3.88. The van der Waals surface area contributed by atoms with Crippen LogP contribution >= 0.6 is 35.3 Å². The van der Waals surface area contributed by atoms with E-state index in [-0.39, 0.29) is 24.0 Å². The molecule has 8 heteroatoms. The molecule has 6 nitrogen and oxygen atoms in total. The quantitative estimate of drug-likeness (QED) is 0.241. The number of benzene rings is 1. The number of nitrogens with zero attached hydrogens (tertiary/aromatic N) is 3. The predicted molar refractivity (Wildman–Crippen MR) is 139 cm³/mol. The highest BCUT2D eigenvalue weighted by molar-refractivity contribution is 14.0. The van der Waals surface area contributed by atoms with Gasteiger partial charge in [0.25, 0.3) is 0 Å². The molecule has 1 aliphatic heterocycles. The molecule has 1 saturated heterocycles. The zero-order chi connectivity index (χ0) is 20.1. The van der Waals surface area contributed by atoms with Crippen LogP contribution in [0.4, 0.5) is 5.13 Å². The average Bonchev–Trinajstić information content (AvgIpc) is 3.48. The lowest BCUT2D eigenvalue weighted by molar-refractivity contribution is 0.778. The number of nitrogens with one attached hydrogen (secondary N) is 3. The summed E-state index contributed by atoms with van der Waals surface area (Å²) in [4.78, 5) is 14.9. The molecule has 0 spiro atoms. The summed E-state index contributed by atoms with van der Waals surface area (Å²) in [6.45, 7) is 6.12. The van der Waals surface area contributed by atoms with E-state index in [0.29, 0.717) is 0 Å². The Kier molecular flexibility index (Phi) is 8.38. The Labute approximate surface area is 199 Å². The molecular weight excluding hydrogens is 507 g/mol. The Hall–Kier alpha value is -1.81. The predicted octanol–water partition coefficient (Wildman–Crippen LogP) is 4.10. The molecule has 3 N–H and O–H groups in total. The van der Waals surface area contributed by atoms with Gasteiger partial charge < -0.3 is 20.5 Å². The summed E-state index contributed by atoms with van der Waals surface area (Å²) in [6.07, 6.45) is 6.56. The SMILES string of the molecule is CN=C(NCCc1csc(N2CCCC2)n1)NCCc1c[nH]c2c(C)cccc12.I. The lowest BCUT2D eigenvalue weighted by atomic mass is 10.1. The summed E-state index contributed by atoms with van der Waals surface area (Å²) in [6, 6.07) is 6.45. The molecule has 4 rings (SSSR count). The van der Waals surface area contributed by atoms with E-state index in [0.717, 1.165) is 50.7 Å². The van der Waals surface area contributed by atoms with Crippen LogP contribution in [0.25, 0.3) is 10.9 Å². The molecule has 1 aromatic carbocycles. The Morgan fingerprint density at radius 3 is 2.73 bits per heavy atom. The second-order valence-electron chi connectivity index (χ2n) is 7.55. The van der Waals surface area contributed by atoms with Crippen LogP contribution in [-0.4, -0.2) is 49.2 Å². The summed E-state index contributed by atoms with van der Waals surface area (Å²) in [5, 5.41) is 11.5. The zero-order valence-corrected chi connectivity index (χ0v) is 20.8. The monoisotopic (exact) mass is 538 g/mol. The minimum Gasteiger partial charge on any atom is -0.361 e. The number of para-hydroxylation sites is 1. The molecule has 2 aromatic heterocycles.